The first kappa shape index (κ1) is 19.7. The van der Waals surface area contributed by atoms with E-state index in [2.05, 4.69) is 28.6 Å². The minimum atomic E-state index is -0.407. The zero-order chi connectivity index (χ0) is 20.7. The average molecular weight is 399 g/mol. The number of likely N-dealkylation sites (N-methyl/N-ethyl adjacent to an activating group) is 1. The first-order chi connectivity index (χ1) is 14.0. The monoisotopic (exact) mass is 399 g/mol. The van der Waals surface area contributed by atoms with Crippen LogP contribution in [0, 0.1) is 5.92 Å². The Morgan fingerprint density at radius 2 is 1.97 bits per heavy atom. The number of carbonyl (C=O) groups is 2. The number of rotatable bonds is 5. The van der Waals surface area contributed by atoms with Crippen LogP contribution >= 0.6 is 0 Å². The zero-order valence-corrected chi connectivity index (χ0v) is 17.2. The summed E-state index contributed by atoms with van der Waals surface area (Å²) >= 11 is 0. The molecule has 1 aromatic rings. The molecule has 8 heteroatoms. The second-order valence-electron chi connectivity index (χ2n) is 7.94. The Morgan fingerprint density at radius 3 is 2.62 bits per heavy atom. The normalized spacial score (nSPS) is 29.7. The molecule has 1 N–H and O–H groups in total. The van der Waals surface area contributed by atoms with Gasteiger partial charge in [0, 0.05) is 32.4 Å². The Bertz CT molecular complexity index is 798. The van der Waals surface area contributed by atoms with Gasteiger partial charge in [-0.3, -0.25) is 19.9 Å². The van der Waals surface area contributed by atoms with Crippen molar-refractivity contribution >= 4 is 17.6 Å². The summed E-state index contributed by atoms with van der Waals surface area (Å²) in [5, 5.41) is 3.53. The molecule has 0 spiro atoms. The van der Waals surface area contributed by atoms with Gasteiger partial charge in [0.1, 0.15) is 24.2 Å². The maximum atomic E-state index is 13.2. The van der Waals surface area contributed by atoms with E-state index in [1.807, 2.05) is 31.2 Å². The van der Waals surface area contributed by atoms with E-state index in [-0.39, 0.29) is 30.9 Å². The molecule has 3 aliphatic heterocycles. The molecule has 0 aromatic heterocycles. The van der Waals surface area contributed by atoms with E-state index in [0.29, 0.717) is 12.5 Å². The molecule has 3 amide bonds. The molecule has 156 valence electrons. The number of anilines is 1. The number of urea groups is 1. The number of hydrogen-bond donors (Lipinski definition) is 1. The van der Waals surface area contributed by atoms with Gasteiger partial charge in [0.2, 0.25) is 0 Å². The number of carbonyl (C=O) groups excluding carboxylic acids is 2. The van der Waals surface area contributed by atoms with Gasteiger partial charge in [-0.15, -0.1) is 6.58 Å². The maximum Gasteiger partial charge on any atom is 0.328 e. The molecule has 4 unspecified atom stereocenters. The molecule has 0 radical (unpaired) electrons. The molecule has 4 atom stereocenters. The van der Waals surface area contributed by atoms with E-state index < -0.39 is 6.04 Å². The average Bonchev–Trinajstić information content (AvgIpc) is 3.09. The molecule has 1 aromatic carbocycles. The Labute approximate surface area is 171 Å². The summed E-state index contributed by atoms with van der Waals surface area (Å²) < 4.78 is 5.56. The van der Waals surface area contributed by atoms with Crippen LogP contribution in [0.1, 0.15) is 13.8 Å². The van der Waals surface area contributed by atoms with Crippen LogP contribution in [0.4, 0.5) is 10.5 Å². The standard InChI is InChI=1S/C21H29N5O3/c1-5-11-24-19(27)17-18(23(4)21(24)28)22-20-25(12-14(3)13-26(17)20)15-7-9-16(10-8-15)29-6-2/h5,7-10,14,17-18,20,22H,1,6,11-13H2,2-4H3. The van der Waals surface area contributed by atoms with Crippen LogP contribution in [0.5, 0.6) is 5.75 Å². The number of hydrogen-bond acceptors (Lipinski definition) is 6. The second-order valence-corrected chi connectivity index (χ2v) is 7.94. The van der Waals surface area contributed by atoms with Gasteiger partial charge in [-0.2, -0.15) is 0 Å². The number of nitrogens with one attached hydrogen (secondary N) is 1. The third kappa shape index (κ3) is 3.26. The third-order valence-electron chi connectivity index (χ3n) is 5.88. The predicted molar refractivity (Wildman–Crippen MR) is 110 cm³/mol. The van der Waals surface area contributed by atoms with Crippen molar-refractivity contribution in [1.82, 2.24) is 20.0 Å². The highest BCUT2D eigenvalue weighted by atomic mass is 16.5. The second kappa shape index (κ2) is 7.68. The lowest BCUT2D eigenvalue weighted by Gasteiger charge is -2.45. The van der Waals surface area contributed by atoms with Crippen molar-refractivity contribution in [3.63, 3.8) is 0 Å². The summed E-state index contributed by atoms with van der Waals surface area (Å²) in [7, 11) is 1.75. The van der Waals surface area contributed by atoms with E-state index in [4.69, 9.17) is 4.74 Å². The first-order valence-electron chi connectivity index (χ1n) is 10.2. The number of benzene rings is 1. The van der Waals surface area contributed by atoms with Crippen molar-refractivity contribution in [3.8, 4) is 5.75 Å². The summed E-state index contributed by atoms with van der Waals surface area (Å²) in [5.74, 6) is 1.06. The Balaban J connectivity index is 1.64. The number of fused-ring (bicyclic) bond motifs is 3. The van der Waals surface area contributed by atoms with E-state index >= 15 is 0 Å². The molecule has 4 rings (SSSR count). The van der Waals surface area contributed by atoms with Crippen molar-refractivity contribution in [1.29, 1.82) is 0 Å². The lowest BCUT2D eigenvalue weighted by molar-refractivity contribution is -0.138. The summed E-state index contributed by atoms with van der Waals surface area (Å²) in [5.41, 5.74) is 1.06. The summed E-state index contributed by atoms with van der Waals surface area (Å²) in [6.07, 6.45) is 1.09. The minimum Gasteiger partial charge on any atom is -0.494 e. The molecule has 0 bridgehead atoms. The van der Waals surface area contributed by atoms with E-state index in [0.717, 1.165) is 24.5 Å². The van der Waals surface area contributed by atoms with Crippen molar-refractivity contribution in [2.24, 2.45) is 5.92 Å². The summed E-state index contributed by atoms with van der Waals surface area (Å²) in [6, 6.07) is 7.34. The molecule has 3 saturated heterocycles. The molecule has 3 fully saturated rings. The number of ether oxygens (including phenoxy) is 1. The number of imide groups is 1. The van der Waals surface area contributed by atoms with Gasteiger partial charge in [-0.25, -0.2) is 4.79 Å². The topological polar surface area (TPSA) is 68.4 Å². The highest BCUT2D eigenvalue weighted by Crippen LogP contribution is 2.34. The van der Waals surface area contributed by atoms with Crippen LogP contribution in [-0.4, -0.2) is 78.4 Å². The van der Waals surface area contributed by atoms with Crippen molar-refractivity contribution in [3.05, 3.63) is 36.9 Å². The highest BCUT2D eigenvalue weighted by molar-refractivity contribution is 6.00. The quantitative estimate of drug-likeness (QED) is 0.757. The van der Waals surface area contributed by atoms with Crippen LogP contribution < -0.4 is 15.0 Å². The van der Waals surface area contributed by atoms with Gasteiger partial charge in [-0.05, 0) is 37.1 Å². The molecule has 3 heterocycles. The zero-order valence-electron chi connectivity index (χ0n) is 17.2. The van der Waals surface area contributed by atoms with E-state index in [9.17, 15) is 9.59 Å². The van der Waals surface area contributed by atoms with Crippen molar-refractivity contribution in [2.45, 2.75) is 32.3 Å². The highest BCUT2D eigenvalue weighted by Gasteiger charge is 2.56. The largest absolute Gasteiger partial charge is 0.494 e. The Kier molecular flexibility index (Phi) is 5.23. The van der Waals surface area contributed by atoms with Gasteiger partial charge in [0.25, 0.3) is 5.91 Å². The number of amides is 3. The molecule has 8 nitrogen and oxygen atoms in total. The van der Waals surface area contributed by atoms with E-state index in [1.165, 1.54) is 4.90 Å². The van der Waals surface area contributed by atoms with Gasteiger partial charge >= 0.3 is 6.03 Å². The minimum absolute atomic E-state index is 0.151. The van der Waals surface area contributed by atoms with Gasteiger partial charge < -0.3 is 14.5 Å². The molecule has 0 aliphatic carbocycles. The predicted octanol–water partition coefficient (Wildman–Crippen LogP) is 1.50. The maximum absolute atomic E-state index is 13.2. The van der Waals surface area contributed by atoms with Crippen molar-refractivity contribution < 1.29 is 14.3 Å². The van der Waals surface area contributed by atoms with Crippen LogP contribution in [0.25, 0.3) is 0 Å². The fourth-order valence-electron chi connectivity index (χ4n) is 4.62. The lowest BCUT2D eigenvalue weighted by Crippen LogP contribution is -2.66. The SMILES string of the molecule is C=CCN1C(=O)C2C(NC3N(c4ccc(OCC)cc4)CC(C)CN23)N(C)C1=O. The smallest absolute Gasteiger partial charge is 0.328 e. The lowest BCUT2D eigenvalue weighted by atomic mass is 10.0. The molecular weight excluding hydrogens is 370 g/mol. The molecule has 3 aliphatic rings. The Morgan fingerprint density at radius 1 is 1.24 bits per heavy atom. The fraction of sp³-hybridized carbons (Fsp3) is 0.524. The van der Waals surface area contributed by atoms with Crippen LogP contribution in [0.15, 0.2) is 36.9 Å². The van der Waals surface area contributed by atoms with Crippen molar-refractivity contribution in [2.75, 3.05) is 38.2 Å². The van der Waals surface area contributed by atoms with Crippen LogP contribution in [0.3, 0.4) is 0 Å². The molecule has 0 saturated carbocycles. The van der Waals surface area contributed by atoms with Gasteiger partial charge in [-0.1, -0.05) is 13.0 Å². The molecule has 29 heavy (non-hydrogen) atoms. The summed E-state index contributed by atoms with van der Waals surface area (Å²) in [6.45, 7) is 10.4. The summed E-state index contributed by atoms with van der Waals surface area (Å²) in [4.78, 5) is 33.3. The number of nitrogens with zero attached hydrogens (tertiary/aromatic N) is 4. The molecular formula is C21H29N5O3. The van der Waals surface area contributed by atoms with Gasteiger partial charge in [0.05, 0.1) is 6.61 Å². The third-order valence-corrected chi connectivity index (χ3v) is 5.88. The van der Waals surface area contributed by atoms with E-state index in [1.54, 1.807) is 18.0 Å². The van der Waals surface area contributed by atoms with Gasteiger partial charge in [0.15, 0.2) is 0 Å². The first-order valence-corrected chi connectivity index (χ1v) is 10.2. The Hall–Kier alpha value is -2.58. The fourth-order valence-corrected chi connectivity index (χ4v) is 4.62. The van der Waals surface area contributed by atoms with Crippen LogP contribution in [-0.2, 0) is 4.79 Å². The van der Waals surface area contributed by atoms with Crippen LogP contribution in [0.2, 0.25) is 0 Å².